The van der Waals surface area contributed by atoms with Crippen molar-refractivity contribution in [1.29, 1.82) is 0 Å². The minimum Gasteiger partial charge on any atom is -0.392 e. The van der Waals surface area contributed by atoms with Gasteiger partial charge in [0.2, 0.25) is 0 Å². The van der Waals surface area contributed by atoms with Crippen molar-refractivity contribution in [3.8, 4) is 0 Å². The van der Waals surface area contributed by atoms with Crippen LogP contribution in [0.1, 0.15) is 13.3 Å². The van der Waals surface area contributed by atoms with E-state index >= 15 is 0 Å². The second kappa shape index (κ2) is 5.54. The summed E-state index contributed by atoms with van der Waals surface area (Å²) in [6, 6.07) is 0. The quantitative estimate of drug-likeness (QED) is 0.296. The number of quaternary nitrogens is 1. The first-order chi connectivity index (χ1) is 5.84. The second-order valence-corrected chi connectivity index (χ2v) is 4.53. The van der Waals surface area contributed by atoms with Crippen molar-refractivity contribution in [1.82, 2.24) is 5.32 Å². The number of hydrogen-bond acceptors (Lipinski definition) is 3. The Balaban J connectivity index is 3.43. The molecule has 0 radical (unpaired) electrons. The Labute approximate surface area is 81.3 Å². The molecular weight excluding hydrogens is 166 g/mol. The van der Waals surface area contributed by atoms with Crippen molar-refractivity contribution in [2.24, 2.45) is 5.73 Å². The van der Waals surface area contributed by atoms with Crippen LogP contribution in [0.4, 0.5) is 0 Å². The van der Waals surface area contributed by atoms with Gasteiger partial charge in [-0.15, -0.1) is 0 Å². The molecule has 2 atom stereocenters. The molecule has 0 aliphatic heterocycles. The van der Waals surface area contributed by atoms with E-state index in [0.29, 0.717) is 6.54 Å². The highest BCUT2D eigenvalue weighted by Crippen LogP contribution is 1.99. The SMILES string of the molecule is CC(O)CNCCC(N)[N+](C)(C)C. The molecule has 4 N–H and O–H groups in total. The van der Waals surface area contributed by atoms with Gasteiger partial charge in [0.15, 0.2) is 0 Å². The van der Waals surface area contributed by atoms with Gasteiger partial charge in [-0.05, 0) is 6.92 Å². The number of nitrogens with zero attached hydrogens (tertiary/aromatic N) is 1. The zero-order valence-electron chi connectivity index (χ0n) is 9.25. The monoisotopic (exact) mass is 190 g/mol. The lowest BCUT2D eigenvalue weighted by Gasteiger charge is -2.31. The smallest absolute Gasteiger partial charge is 0.140 e. The number of nitrogens with one attached hydrogen (secondary N) is 1. The first kappa shape index (κ1) is 12.8. The molecule has 80 valence electrons. The van der Waals surface area contributed by atoms with Gasteiger partial charge in [0.1, 0.15) is 6.17 Å². The van der Waals surface area contributed by atoms with Gasteiger partial charge in [0, 0.05) is 19.5 Å². The molecule has 0 amide bonds. The van der Waals surface area contributed by atoms with E-state index in [-0.39, 0.29) is 12.3 Å². The van der Waals surface area contributed by atoms with Gasteiger partial charge in [0.05, 0.1) is 27.2 Å². The fourth-order valence-corrected chi connectivity index (χ4v) is 0.948. The molecule has 0 saturated heterocycles. The second-order valence-electron chi connectivity index (χ2n) is 4.53. The minimum absolute atomic E-state index is 0.154. The van der Waals surface area contributed by atoms with Crippen LogP contribution in [0.15, 0.2) is 0 Å². The lowest BCUT2D eigenvalue weighted by Crippen LogP contribution is -2.51. The van der Waals surface area contributed by atoms with Crippen molar-refractivity contribution >= 4 is 0 Å². The van der Waals surface area contributed by atoms with Crippen molar-refractivity contribution in [3.63, 3.8) is 0 Å². The molecule has 0 rings (SSSR count). The topological polar surface area (TPSA) is 58.3 Å². The third-order valence-electron chi connectivity index (χ3n) is 2.05. The summed E-state index contributed by atoms with van der Waals surface area (Å²) in [5.74, 6) is 0. The summed E-state index contributed by atoms with van der Waals surface area (Å²) in [7, 11) is 6.25. The predicted molar refractivity (Wildman–Crippen MR) is 55.2 cm³/mol. The Bertz CT molecular complexity index is 131. The fourth-order valence-electron chi connectivity index (χ4n) is 0.948. The van der Waals surface area contributed by atoms with Gasteiger partial charge in [-0.3, -0.25) is 5.73 Å². The maximum Gasteiger partial charge on any atom is 0.140 e. The molecule has 0 aliphatic carbocycles. The summed E-state index contributed by atoms with van der Waals surface area (Å²) >= 11 is 0. The number of hydrogen-bond donors (Lipinski definition) is 3. The van der Waals surface area contributed by atoms with Crippen LogP contribution in [-0.2, 0) is 0 Å². The number of rotatable bonds is 6. The molecular formula is C9H24N3O+. The highest BCUT2D eigenvalue weighted by atomic mass is 16.3. The first-order valence-electron chi connectivity index (χ1n) is 4.79. The Hall–Kier alpha value is -0.160. The molecule has 0 bridgehead atoms. The van der Waals surface area contributed by atoms with Crippen molar-refractivity contribution in [3.05, 3.63) is 0 Å². The van der Waals surface area contributed by atoms with Gasteiger partial charge in [0.25, 0.3) is 0 Å². The van der Waals surface area contributed by atoms with Gasteiger partial charge in [-0.2, -0.15) is 0 Å². The average molecular weight is 190 g/mol. The summed E-state index contributed by atoms with van der Waals surface area (Å²) in [4.78, 5) is 0. The molecule has 0 fully saturated rings. The molecule has 4 nitrogen and oxygen atoms in total. The summed E-state index contributed by atoms with van der Waals surface area (Å²) in [5.41, 5.74) is 5.94. The lowest BCUT2D eigenvalue weighted by atomic mass is 10.3. The minimum atomic E-state index is -0.277. The number of aliphatic hydroxyl groups is 1. The van der Waals surface area contributed by atoms with Gasteiger partial charge >= 0.3 is 0 Å². The van der Waals surface area contributed by atoms with Crippen LogP contribution in [-0.4, -0.2) is 56.1 Å². The van der Waals surface area contributed by atoms with E-state index in [2.05, 4.69) is 26.5 Å². The Morgan fingerprint density at radius 1 is 1.38 bits per heavy atom. The Morgan fingerprint density at radius 2 is 1.92 bits per heavy atom. The zero-order valence-corrected chi connectivity index (χ0v) is 9.25. The summed E-state index contributed by atoms with van der Waals surface area (Å²) in [6.07, 6.45) is 0.804. The number of aliphatic hydroxyl groups excluding tert-OH is 1. The molecule has 13 heavy (non-hydrogen) atoms. The van der Waals surface area contributed by atoms with Crippen LogP contribution >= 0.6 is 0 Å². The lowest BCUT2D eigenvalue weighted by molar-refractivity contribution is -0.896. The van der Waals surface area contributed by atoms with Gasteiger partial charge in [-0.1, -0.05) is 0 Å². The summed E-state index contributed by atoms with van der Waals surface area (Å²) < 4.78 is 0.774. The third kappa shape index (κ3) is 6.95. The predicted octanol–water partition coefficient (Wildman–Crippen LogP) is -0.662. The fraction of sp³-hybridized carbons (Fsp3) is 1.00. The van der Waals surface area contributed by atoms with Crippen molar-refractivity contribution < 1.29 is 9.59 Å². The average Bonchev–Trinajstić information content (AvgIpc) is 1.95. The van der Waals surface area contributed by atoms with E-state index in [0.717, 1.165) is 17.4 Å². The van der Waals surface area contributed by atoms with Crippen molar-refractivity contribution in [2.75, 3.05) is 34.2 Å². The normalized spacial score (nSPS) is 17.1. The molecule has 0 aliphatic rings. The largest absolute Gasteiger partial charge is 0.392 e. The van der Waals surface area contributed by atoms with Crippen LogP contribution in [0, 0.1) is 0 Å². The summed E-state index contributed by atoms with van der Waals surface area (Å²) in [5, 5.41) is 12.1. The molecule has 0 aromatic heterocycles. The highest BCUT2D eigenvalue weighted by Gasteiger charge is 2.17. The maximum absolute atomic E-state index is 8.98. The first-order valence-corrected chi connectivity index (χ1v) is 4.79. The molecule has 0 aromatic rings. The van der Waals surface area contributed by atoms with Crippen LogP contribution in [0.5, 0.6) is 0 Å². The molecule has 0 heterocycles. The van der Waals surface area contributed by atoms with E-state index in [4.69, 9.17) is 10.8 Å². The van der Waals surface area contributed by atoms with Crippen LogP contribution in [0.3, 0.4) is 0 Å². The maximum atomic E-state index is 8.98. The van der Waals surface area contributed by atoms with Crippen molar-refractivity contribution in [2.45, 2.75) is 25.6 Å². The van der Waals surface area contributed by atoms with Gasteiger partial charge < -0.3 is 14.9 Å². The molecule has 0 spiro atoms. The molecule has 4 heteroatoms. The van der Waals surface area contributed by atoms with E-state index < -0.39 is 0 Å². The molecule has 0 aromatic carbocycles. The molecule has 2 unspecified atom stereocenters. The Morgan fingerprint density at radius 3 is 2.31 bits per heavy atom. The summed E-state index contributed by atoms with van der Waals surface area (Å²) in [6.45, 7) is 3.28. The van der Waals surface area contributed by atoms with E-state index in [1.807, 2.05) is 0 Å². The third-order valence-corrected chi connectivity index (χ3v) is 2.05. The Kier molecular flexibility index (Phi) is 5.48. The van der Waals surface area contributed by atoms with E-state index in [1.54, 1.807) is 6.92 Å². The standard InChI is InChI=1S/C9H24N3O/c1-8(13)7-11-6-5-9(10)12(2,3)4/h8-9,11,13H,5-7,10H2,1-4H3/q+1. The van der Waals surface area contributed by atoms with Crippen LogP contribution in [0.2, 0.25) is 0 Å². The van der Waals surface area contributed by atoms with Crippen LogP contribution in [0.25, 0.3) is 0 Å². The molecule has 0 saturated carbocycles. The zero-order chi connectivity index (χ0) is 10.5. The highest BCUT2D eigenvalue weighted by molar-refractivity contribution is 4.55. The van der Waals surface area contributed by atoms with E-state index in [9.17, 15) is 0 Å². The van der Waals surface area contributed by atoms with Gasteiger partial charge in [-0.25, -0.2) is 0 Å². The van der Waals surface area contributed by atoms with E-state index in [1.165, 1.54) is 0 Å². The van der Waals surface area contributed by atoms with Crippen LogP contribution < -0.4 is 11.1 Å². The number of nitrogens with two attached hydrogens (primary N) is 1.